The summed E-state index contributed by atoms with van der Waals surface area (Å²) in [5.41, 5.74) is 5.59. The second-order valence-corrected chi connectivity index (χ2v) is 4.19. The summed E-state index contributed by atoms with van der Waals surface area (Å²) in [7, 11) is 0. The van der Waals surface area contributed by atoms with E-state index in [0.717, 1.165) is 32.8 Å². The molecule has 78 valence electrons. The van der Waals surface area contributed by atoms with Gasteiger partial charge in [0.1, 0.15) is 0 Å². The van der Waals surface area contributed by atoms with Crippen molar-refractivity contribution in [2.24, 2.45) is 11.7 Å². The first-order chi connectivity index (χ1) is 6.24. The molecule has 0 radical (unpaired) electrons. The highest BCUT2D eigenvalue weighted by atomic mass is 16.5. The van der Waals surface area contributed by atoms with E-state index in [1.807, 2.05) is 0 Å². The maximum Gasteiger partial charge on any atom is 0.0622 e. The zero-order valence-electron chi connectivity index (χ0n) is 8.83. The Labute approximate surface area is 81.2 Å². The molecule has 0 aromatic rings. The van der Waals surface area contributed by atoms with E-state index >= 15 is 0 Å². The van der Waals surface area contributed by atoms with Crippen LogP contribution in [0.1, 0.15) is 20.3 Å². The van der Waals surface area contributed by atoms with Gasteiger partial charge in [-0.05, 0) is 12.3 Å². The number of nitrogens with zero attached hydrogens (tertiary/aromatic N) is 1. The highest BCUT2D eigenvalue weighted by Crippen LogP contribution is 2.13. The zero-order valence-corrected chi connectivity index (χ0v) is 8.83. The molecule has 1 fully saturated rings. The van der Waals surface area contributed by atoms with Gasteiger partial charge >= 0.3 is 0 Å². The van der Waals surface area contributed by atoms with Gasteiger partial charge in [-0.3, -0.25) is 4.90 Å². The first-order valence-electron chi connectivity index (χ1n) is 5.26. The SMILES string of the molecule is CC(C)CN(CCN)C1CCOC1. The topological polar surface area (TPSA) is 38.5 Å². The molecular formula is C10H22N2O. The lowest BCUT2D eigenvalue weighted by molar-refractivity contribution is 0.136. The van der Waals surface area contributed by atoms with E-state index in [1.54, 1.807) is 0 Å². The summed E-state index contributed by atoms with van der Waals surface area (Å²) in [6.07, 6.45) is 1.17. The van der Waals surface area contributed by atoms with E-state index in [4.69, 9.17) is 10.5 Å². The molecule has 13 heavy (non-hydrogen) atoms. The minimum atomic E-state index is 0.617. The van der Waals surface area contributed by atoms with Crippen molar-refractivity contribution in [3.8, 4) is 0 Å². The highest BCUT2D eigenvalue weighted by Gasteiger charge is 2.22. The summed E-state index contributed by atoms with van der Waals surface area (Å²) in [5.74, 6) is 0.715. The van der Waals surface area contributed by atoms with Gasteiger partial charge in [0.15, 0.2) is 0 Å². The van der Waals surface area contributed by atoms with E-state index < -0.39 is 0 Å². The van der Waals surface area contributed by atoms with E-state index in [2.05, 4.69) is 18.7 Å². The molecule has 1 rings (SSSR count). The third-order valence-corrected chi connectivity index (χ3v) is 2.44. The molecule has 1 saturated heterocycles. The van der Waals surface area contributed by atoms with Crippen molar-refractivity contribution in [2.45, 2.75) is 26.3 Å². The van der Waals surface area contributed by atoms with Crippen LogP contribution in [-0.4, -0.2) is 43.8 Å². The van der Waals surface area contributed by atoms with Crippen LogP contribution in [0.4, 0.5) is 0 Å². The number of hydrogen-bond donors (Lipinski definition) is 1. The average molecular weight is 186 g/mol. The predicted molar refractivity (Wildman–Crippen MR) is 54.7 cm³/mol. The van der Waals surface area contributed by atoms with Gasteiger partial charge in [0.2, 0.25) is 0 Å². The molecule has 3 nitrogen and oxygen atoms in total. The monoisotopic (exact) mass is 186 g/mol. The second kappa shape index (κ2) is 5.58. The van der Waals surface area contributed by atoms with Gasteiger partial charge in [0.05, 0.1) is 6.61 Å². The molecule has 0 saturated carbocycles. The Morgan fingerprint density at radius 3 is 2.77 bits per heavy atom. The van der Waals surface area contributed by atoms with Crippen LogP contribution in [0.15, 0.2) is 0 Å². The smallest absolute Gasteiger partial charge is 0.0622 e. The standard InChI is InChI=1S/C10H22N2O/c1-9(2)7-12(5-4-11)10-3-6-13-8-10/h9-10H,3-8,11H2,1-2H3. The largest absolute Gasteiger partial charge is 0.380 e. The third kappa shape index (κ3) is 3.63. The van der Waals surface area contributed by atoms with Gasteiger partial charge in [0.25, 0.3) is 0 Å². The zero-order chi connectivity index (χ0) is 9.68. The van der Waals surface area contributed by atoms with Crippen LogP contribution in [0.2, 0.25) is 0 Å². The van der Waals surface area contributed by atoms with Crippen molar-refractivity contribution in [3.05, 3.63) is 0 Å². The molecule has 0 bridgehead atoms. The molecule has 0 aliphatic carbocycles. The van der Waals surface area contributed by atoms with E-state index in [1.165, 1.54) is 6.42 Å². The molecule has 1 unspecified atom stereocenters. The Bertz CT molecular complexity index is 133. The first-order valence-corrected chi connectivity index (χ1v) is 5.26. The van der Waals surface area contributed by atoms with Crippen LogP contribution in [0.5, 0.6) is 0 Å². The lowest BCUT2D eigenvalue weighted by Crippen LogP contribution is -2.41. The summed E-state index contributed by atoms with van der Waals surface area (Å²) in [4.78, 5) is 2.47. The van der Waals surface area contributed by atoms with Gasteiger partial charge in [-0.25, -0.2) is 0 Å². The summed E-state index contributed by atoms with van der Waals surface area (Å²) in [5, 5.41) is 0. The van der Waals surface area contributed by atoms with Crippen molar-refractivity contribution in [2.75, 3.05) is 32.8 Å². The Morgan fingerprint density at radius 1 is 1.54 bits per heavy atom. The Kier molecular flexibility index (Phi) is 4.70. The van der Waals surface area contributed by atoms with Crippen LogP contribution in [-0.2, 0) is 4.74 Å². The van der Waals surface area contributed by atoms with E-state index in [9.17, 15) is 0 Å². The fraction of sp³-hybridized carbons (Fsp3) is 1.00. The third-order valence-electron chi connectivity index (χ3n) is 2.44. The molecule has 0 aromatic heterocycles. The van der Waals surface area contributed by atoms with Crippen LogP contribution < -0.4 is 5.73 Å². The van der Waals surface area contributed by atoms with E-state index in [-0.39, 0.29) is 0 Å². The average Bonchev–Trinajstić information content (AvgIpc) is 2.54. The molecule has 1 heterocycles. The Morgan fingerprint density at radius 2 is 2.31 bits per heavy atom. The summed E-state index contributed by atoms with van der Waals surface area (Å²) in [6, 6.07) is 0.617. The molecule has 3 heteroatoms. The normalized spacial score (nSPS) is 23.3. The summed E-state index contributed by atoms with van der Waals surface area (Å²) in [6.45, 7) is 9.22. The quantitative estimate of drug-likeness (QED) is 0.686. The molecule has 2 N–H and O–H groups in total. The predicted octanol–water partition coefficient (Wildman–Crippen LogP) is 0.692. The number of rotatable bonds is 5. The maximum atomic E-state index is 5.59. The van der Waals surface area contributed by atoms with Crippen molar-refractivity contribution in [1.82, 2.24) is 4.90 Å². The van der Waals surface area contributed by atoms with Gasteiger partial charge in [-0.2, -0.15) is 0 Å². The minimum absolute atomic E-state index is 0.617. The molecule has 0 amide bonds. The number of hydrogen-bond acceptors (Lipinski definition) is 3. The number of ether oxygens (including phenoxy) is 1. The van der Waals surface area contributed by atoms with Crippen molar-refractivity contribution < 1.29 is 4.74 Å². The second-order valence-electron chi connectivity index (χ2n) is 4.19. The van der Waals surface area contributed by atoms with Gasteiger partial charge in [0, 0.05) is 32.3 Å². The van der Waals surface area contributed by atoms with Crippen LogP contribution in [0.3, 0.4) is 0 Å². The highest BCUT2D eigenvalue weighted by molar-refractivity contribution is 4.76. The first kappa shape index (κ1) is 11.0. The summed E-state index contributed by atoms with van der Waals surface area (Å²) < 4.78 is 5.38. The van der Waals surface area contributed by atoms with Crippen molar-refractivity contribution in [1.29, 1.82) is 0 Å². The summed E-state index contributed by atoms with van der Waals surface area (Å²) >= 11 is 0. The van der Waals surface area contributed by atoms with Crippen LogP contribution in [0, 0.1) is 5.92 Å². The molecule has 1 aliphatic rings. The lowest BCUT2D eigenvalue weighted by Gasteiger charge is -2.28. The van der Waals surface area contributed by atoms with Gasteiger partial charge in [-0.1, -0.05) is 13.8 Å². The fourth-order valence-corrected chi connectivity index (χ4v) is 1.87. The molecule has 1 atom stereocenters. The Balaban J connectivity index is 2.35. The molecule has 0 spiro atoms. The van der Waals surface area contributed by atoms with Crippen LogP contribution >= 0.6 is 0 Å². The number of nitrogens with two attached hydrogens (primary N) is 1. The van der Waals surface area contributed by atoms with Crippen molar-refractivity contribution >= 4 is 0 Å². The minimum Gasteiger partial charge on any atom is -0.380 e. The lowest BCUT2D eigenvalue weighted by atomic mass is 10.1. The van der Waals surface area contributed by atoms with Crippen molar-refractivity contribution in [3.63, 3.8) is 0 Å². The fourth-order valence-electron chi connectivity index (χ4n) is 1.87. The Hall–Kier alpha value is -0.120. The molecular weight excluding hydrogens is 164 g/mol. The molecule has 1 aliphatic heterocycles. The van der Waals surface area contributed by atoms with Gasteiger partial charge < -0.3 is 10.5 Å². The maximum absolute atomic E-state index is 5.59. The van der Waals surface area contributed by atoms with E-state index in [0.29, 0.717) is 12.0 Å². The van der Waals surface area contributed by atoms with Gasteiger partial charge in [-0.15, -0.1) is 0 Å². The molecule has 0 aromatic carbocycles. The van der Waals surface area contributed by atoms with Crippen LogP contribution in [0.25, 0.3) is 0 Å².